The summed E-state index contributed by atoms with van der Waals surface area (Å²) in [5.41, 5.74) is 4.50. The molecule has 1 amide bonds. The molecule has 162 valence electrons. The van der Waals surface area contributed by atoms with Crippen LogP contribution >= 0.6 is 11.6 Å². The number of anilines is 1. The maximum atomic E-state index is 12.4. The number of sulfonamides is 1. The number of amides is 1. The minimum atomic E-state index is -3.72. The third-order valence-corrected chi connectivity index (χ3v) is 5.88. The van der Waals surface area contributed by atoms with Crippen LogP contribution in [0.5, 0.6) is 11.5 Å². The number of hydrogen-bond donors (Lipinski definition) is 1. The van der Waals surface area contributed by atoms with Gasteiger partial charge in [0.2, 0.25) is 10.0 Å². The van der Waals surface area contributed by atoms with Gasteiger partial charge in [-0.05, 0) is 49.7 Å². The van der Waals surface area contributed by atoms with Gasteiger partial charge in [-0.1, -0.05) is 17.7 Å². The molecule has 0 bridgehead atoms. The molecule has 0 aliphatic carbocycles. The summed E-state index contributed by atoms with van der Waals surface area (Å²) >= 11 is 6.10. The Bertz CT molecular complexity index is 1070. The number of halogens is 1. The molecule has 0 atom stereocenters. The first-order chi connectivity index (χ1) is 14.1. The minimum Gasteiger partial charge on any atom is -0.493 e. The summed E-state index contributed by atoms with van der Waals surface area (Å²) in [5.74, 6) is 0.494. The average molecular weight is 454 g/mol. The van der Waals surface area contributed by atoms with Crippen LogP contribution in [0.3, 0.4) is 0 Å². The van der Waals surface area contributed by atoms with Gasteiger partial charge in [0.15, 0.2) is 11.5 Å². The van der Waals surface area contributed by atoms with Crippen molar-refractivity contribution in [3.63, 3.8) is 0 Å². The molecular weight excluding hydrogens is 430 g/mol. The summed E-state index contributed by atoms with van der Waals surface area (Å²) < 4.78 is 36.0. The number of carbonyl (C=O) groups excluding carboxylic acids is 1. The first kappa shape index (κ1) is 23.5. The van der Waals surface area contributed by atoms with Crippen molar-refractivity contribution >= 4 is 38.9 Å². The number of methoxy groups -OCH3 is 2. The van der Waals surface area contributed by atoms with E-state index in [1.54, 1.807) is 50.2 Å². The van der Waals surface area contributed by atoms with Crippen LogP contribution < -0.4 is 19.2 Å². The van der Waals surface area contributed by atoms with Crippen LogP contribution in [0.1, 0.15) is 18.1 Å². The van der Waals surface area contributed by atoms with Crippen LogP contribution in [0.15, 0.2) is 41.5 Å². The molecule has 0 unspecified atom stereocenters. The van der Waals surface area contributed by atoms with E-state index in [1.165, 1.54) is 14.2 Å². The number of nitrogens with zero attached hydrogens (tertiary/aromatic N) is 2. The SMILES string of the molecule is COc1ccc(/C(C)=N\NC(=O)CN(c2cccc(Cl)c2C)S(C)(=O)=O)cc1OC. The Kier molecular flexibility index (Phi) is 7.69. The van der Waals surface area contributed by atoms with Gasteiger partial charge in [0.25, 0.3) is 5.91 Å². The molecule has 2 aromatic rings. The molecule has 10 heteroatoms. The van der Waals surface area contributed by atoms with Crippen LogP contribution in [0, 0.1) is 6.92 Å². The highest BCUT2D eigenvalue weighted by Gasteiger charge is 2.23. The topological polar surface area (TPSA) is 97.3 Å². The van der Waals surface area contributed by atoms with Crippen molar-refractivity contribution < 1.29 is 22.7 Å². The van der Waals surface area contributed by atoms with Gasteiger partial charge in [-0.25, -0.2) is 13.8 Å². The lowest BCUT2D eigenvalue weighted by Crippen LogP contribution is -2.39. The molecular formula is C20H24ClN3O5S. The zero-order valence-corrected chi connectivity index (χ0v) is 19.0. The minimum absolute atomic E-state index is 0.334. The summed E-state index contributed by atoms with van der Waals surface area (Å²) in [5, 5.41) is 4.47. The predicted molar refractivity (Wildman–Crippen MR) is 118 cm³/mol. The van der Waals surface area contributed by atoms with Gasteiger partial charge in [-0.3, -0.25) is 9.10 Å². The van der Waals surface area contributed by atoms with E-state index >= 15 is 0 Å². The highest BCUT2D eigenvalue weighted by molar-refractivity contribution is 7.92. The molecule has 0 aliphatic rings. The molecule has 0 saturated carbocycles. The largest absolute Gasteiger partial charge is 0.493 e. The van der Waals surface area contributed by atoms with Crippen molar-refractivity contribution in [2.75, 3.05) is 31.3 Å². The monoisotopic (exact) mass is 453 g/mol. The van der Waals surface area contributed by atoms with E-state index < -0.39 is 22.5 Å². The number of hydrazone groups is 1. The lowest BCUT2D eigenvalue weighted by molar-refractivity contribution is -0.119. The quantitative estimate of drug-likeness (QED) is 0.489. The second-order valence-corrected chi connectivity index (χ2v) is 8.77. The summed E-state index contributed by atoms with van der Waals surface area (Å²) in [6, 6.07) is 10.1. The van der Waals surface area contributed by atoms with Gasteiger partial charge in [-0.15, -0.1) is 0 Å². The van der Waals surface area contributed by atoms with Crippen molar-refractivity contribution in [2.45, 2.75) is 13.8 Å². The molecule has 0 saturated heterocycles. The van der Waals surface area contributed by atoms with Crippen molar-refractivity contribution in [2.24, 2.45) is 5.10 Å². The van der Waals surface area contributed by atoms with E-state index in [4.69, 9.17) is 21.1 Å². The maximum absolute atomic E-state index is 12.4. The van der Waals surface area contributed by atoms with Crippen molar-refractivity contribution in [3.8, 4) is 11.5 Å². The molecule has 8 nitrogen and oxygen atoms in total. The van der Waals surface area contributed by atoms with Gasteiger partial charge in [0.05, 0.1) is 31.9 Å². The summed E-state index contributed by atoms with van der Waals surface area (Å²) in [6.07, 6.45) is 1.03. The van der Waals surface area contributed by atoms with E-state index in [0.29, 0.717) is 39.0 Å². The number of benzene rings is 2. The molecule has 1 N–H and O–H groups in total. The second kappa shape index (κ2) is 9.82. The normalized spacial score (nSPS) is 11.7. The summed E-state index contributed by atoms with van der Waals surface area (Å²) in [6.45, 7) is 2.95. The fraction of sp³-hybridized carbons (Fsp3) is 0.300. The van der Waals surface area contributed by atoms with Crippen molar-refractivity contribution in [3.05, 3.63) is 52.5 Å². The zero-order valence-electron chi connectivity index (χ0n) is 17.4. The maximum Gasteiger partial charge on any atom is 0.260 e. The number of carbonyl (C=O) groups is 1. The summed E-state index contributed by atoms with van der Waals surface area (Å²) in [4.78, 5) is 12.4. The van der Waals surface area contributed by atoms with Crippen LogP contribution in [-0.2, 0) is 14.8 Å². The second-order valence-electron chi connectivity index (χ2n) is 6.46. The van der Waals surface area contributed by atoms with Crippen LogP contribution in [0.4, 0.5) is 5.69 Å². The standard InChI is InChI=1S/C20H24ClN3O5S/c1-13-16(21)7-6-8-17(13)24(30(5,26)27)12-20(25)23-22-14(2)15-9-10-18(28-3)19(11-15)29-4/h6-11H,12H2,1-5H3,(H,23,25)/b22-14-. The van der Waals surface area contributed by atoms with Crippen molar-refractivity contribution in [1.82, 2.24) is 5.43 Å². The zero-order chi connectivity index (χ0) is 22.5. The number of rotatable bonds is 8. The molecule has 0 heterocycles. The number of hydrogen-bond acceptors (Lipinski definition) is 6. The molecule has 2 aromatic carbocycles. The molecule has 0 radical (unpaired) electrons. The third-order valence-electron chi connectivity index (χ3n) is 4.34. The van der Waals surface area contributed by atoms with Crippen LogP contribution in [0.25, 0.3) is 0 Å². The van der Waals surface area contributed by atoms with Gasteiger partial charge < -0.3 is 9.47 Å². The molecule has 0 aromatic heterocycles. The van der Waals surface area contributed by atoms with E-state index in [1.807, 2.05) is 0 Å². The Balaban J connectivity index is 2.21. The van der Waals surface area contributed by atoms with Gasteiger partial charge in [0.1, 0.15) is 6.54 Å². The van der Waals surface area contributed by atoms with E-state index in [9.17, 15) is 13.2 Å². The Morgan fingerprint density at radius 1 is 1.17 bits per heavy atom. The molecule has 0 spiro atoms. The van der Waals surface area contributed by atoms with E-state index in [2.05, 4.69) is 10.5 Å². The molecule has 2 rings (SSSR count). The average Bonchev–Trinajstić information content (AvgIpc) is 2.71. The Hall–Kier alpha value is -2.78. The highest BCUT2D eigenvalue weighted by atomic mass is 35.5. The summed E-state index contributed by atoms with van der Waals surface area (Å²) in [7, 11) is -0.668. The smallest absolute Gasteiger partial charge is 0.260 e. The van der Waals surface area contributed by atoms with Crippen LogP contribution in [0.2, 0.25) is 5.02 Å². The lowest BCUT2D eigenvalue weighted by Gasteiger charge is -2.23. The highest BCUT2D eigenvalue weighted by Crippen LogP contribution is 2.29. The first-order valence-electron chi connectivity index (χ1n) is 8.86. The fourth-order valence-electron chi connectivity index (χ4n) is 2.69. The number of ether oxygens (including phenoxy) is 2. The lowest BCUT2D eigenvalue weighted by atomic mass is 10.1. The van der Waals surface area contributed by atoms with Gasteiger partial charge in [-0.2, -0.15) is 5.10 Å². The van der Waals surface area contributed by atoms with E-state index in [-0.39, 0.29) is 0 Å². The van der Waals surface area contributed by atoms with E-state index in [0.717, 1.165) is 10.6 Å². The van der Waals surface area contributed by atoms with Gasteiger partial charge >= 0.3 is 0 Å². The fourth-order valence-corrected chi connectivity index (χ4v) is 3.76. The molecule has 30 heavy (non-hydrogen) atoms. The van der Waals surface area contributed by atoms with Crippen LogP contribution in [-0.4, -0.2) is 47.1 Å². The first-order valence-corrected chi connectivity index (χ1v) is 11.1. The Morgan fingerprint density at radius 2 is 1.83 bits per heavy atom. The third kappa shape index (κ3) is 5.64. The number of nitrogens with one attached hydrogen (secondary N) is 1. The Morgan fingerprint density at radius 3 is 2.43 bits per heavy atom. The molecule has 0 aliphatic heterocycles. The molecule has 0 fully saturated rings. The van der Waals surface area contributed by atoms with Crippen molar-refractivity contribution in [1.29, 1.82) is 0 Å². The Labute approximate surface area is 181 Å². The van der Waals surface area contributed by atoms with Gasteiger partial charge in [0, 0.05) is 10.6 Å². The predicted octanol–water partition coefficient (Wildman–Crippen LogP) is 2.97.